The number of alkyl halides is 6. The molecule has 3 aromatic heterocycles. The lowest BCUT2D eigenvalue weighted by Crippen LogP contribution is -2.29. The maximum atomic E-state index is 13.1. The van der Waals surface area contributed by atoms with E-state index in [1.807, 2.05) is 30.5 Å². The predicted molar refractivity (Wildman–Crippen MR) is 173 cm³/mol. The number of hydrogen-bond donors (Lipinski definition) is 6. The quantitative estimate of drug-likeness (QED) is 0.151. The minimum absolute atomic E-state index is 0.0715. The molecule has 1 saturated heterocycles. The molecule has 6 bridgehead atoms. The van der Waals surface area contributed by atoms with Crippen LogP contribution in [0.3, 0.4) is 0 Å². The van der Waals surface area contributed by atoms with Crippen LogP contribution in [0.25, 0.3) is 0 Å². The average molecular weight is 773 g/mol. The van der Waals surface area contributed by atoms with Crippen molar-refractivity contribution in [3.05, 3.63) is 70.9 Å². The first-order valence-corrected chi connectivity index (χ1v) is 15.5. The minimum atomic E-state index is -5.08. The van der Waals surface area contributed by atoms with E-state index in [1.54, 1.807) is 11.1 Å². The van der Waals surface area contributed by atoms with Gasteiger partial charge in [-0.2, -0.15) is 31.3 Å². The zero-order chi connectivity index (χ0) is 38.9. The van der Waals surface area contributed by atoms with E-state index in [4.69, 9.17) is 31.4 Å². The molecular formula is C30H27ClF6N10O6. The topological polar surface area (TPSA) is 228 Å². The van der Waals surface area contributed by atoms with Crippen LogP contribution in [0.15, 0.2) is 49.1 Å². The molecule has 5 heterocycles. The number of amides is 2. The van der Waals surface area contributed by atoms with Gasteiger partial charge in [0.25, 0.3) is 5.91 Å². The van der Waals surface area contributed by atoms with Gasteiger partial charge in [-0.05, 0) is 60.6 Å². The second kappa shape index (κ2) is 17.0. The van der Waals surface area contributed by atoms with Crippen LogP contribution in [-0.4, -0.2) is 94.7 Å². The van der Waals surface area contributed by atoms with Crippen LogP contribution < -0.4 is 16.0 Å². The van der Waals surface area contributed by atoms with Crippen LogP contribution >= 0.6 is 11.6 Å². The molecule has 1 atom stereocenters. The van der Waals surface area contributed by atoms with Crippen molar-refractivity contribution in [1.29, 1.82) is 0 Å². The van der Waals surface area contributed by atoms with E-state index in [0.29, 0.717) is 42.7 Å². The zero-order valence-corrected chi connectivity index (χ0v) is 27.6. The fourth-order valence-electron chi connectivity index (χ4n) is 4.87. The number of hydrogen-bond acceptors (Lipinski definition) is 11. The summed E-state index contributed by atoms with van der Waals surface area (Å²) in [6, 6.07) is 7.75. The highest BCUT2D eigenvalue weighted by atomic mass is 35.5. The molecule has 23 heteroatoms. The zero-order valence-electron chi connectivity index (χ0n) is 26.8. The molecule has 0 spiro atoms. The average Bonchev–Trinajstić information content (AvgIpc) is 3.79. The fourth-order valence-corrected chi connectivity index (χ4v) is 5.01. The second-order valence-corrected chi connectivity index (χ2v) is 11.6. The van der Waals surface area contributed by atoms with Gasteiger partial charge in [0.05, 0.1) is 24.3 Å². The van der Waals surface area contributed by atoms with Gasteiger partial charge in [-0.3, -0.25) is 19.7 Å². The molecule has 1 aromatic carbocycles. The number of carbonyl (C=O) groups excluding carboxylic acids is 2. The van der Waals surface area contributed by atoms with E-state index in [2.05, 4.69) is 46.3 Å². The molecular weight excluding hydrogens is 746 g/mol. The summed E-state index contributed by atoms with van der Waals surface area (Å²) >= 11 is 6.36. The van der Waals surface area contributed by atoms with Gasteiger partial charge in [0.1, 0.15) is 5.02 Å². The molecule has 4 aromatic rings. The number of carbonyl (C=O) groups is 4. The Morgan fingerprint density at radius 1 is 0.943 bits per heavy atom. The number of benzene rings is 1. The third-order valence-corrected chi connectivity index (χ3v) is 7.56. The summed E-state index contributed by atoms with van der Waals surface area (Å²) in [6.07, 6.45) is -1.14. The van der Waals surface area contributed by atoms with Gasteiger partial charge in [0.2, 0.25) is 11.9 Å². The van der Waals surface area contributed by atoms with Crippen molar-refractivity contribution in [3.8, 4) is 0 Å². The number of carboxylic acids is 2. The van der Waals surface area contributed by atoms with Gasteiger partial charge in [-0.1, -0.05) is 16.8 Å². The number of anilines is 5. The second-order valence-electron chi connectivity index (χ2n) is 11.2. The Labute approximate surface area is 299 Å². The number of likely N-dealkylation sites (tertiary alicyclic amines) is 1. The summed E-state index contributed by atoms with van der Waals surface area (Å²) in [5.41, 5.74) is 4.58. The number of fused-ring (bicyclic) bond motifs is 6. The number of nitrogens with one attached hydrogen (secondary N) is 4. The van der Waals surface area contributed by atoms with E-state index < -0.39 is 24.3 Å². The lowest BCUT2D eigenvalue weighted by Gasteiger charge is -2.16. The van der Waals surface area contributed by atoms with Crippen molar-refractivity contribution in [3.63, 3.8) is 0 Å². The van der Waals surface area contributed by atoms with Crippen LogP contribution in [0.4, 0.5) is 55.2 Å². The van der Waals surface area contributed by atoms with Gasteiger partial charge in [0.15, 0.2) is 11.5 Å². The number of aliphatic carboxylic acids is 2. The number of H-pyrrole nitrogens is 1. The molecule has 2 amide bonds. The summed E-state index contributed by atoms with van der Waals surface area (Å²) in [6.45, 7) is 1.10. The first-order valence-electron chi connectivity index (χ1n) is 15.1. The van der Waals surface area contributed by atoms with Crippen molar-refractivity contribution in [1.82, 2.24) is 35.3 Å². The molecule has 16 nitrogen and oxygen atoms in total. The first-order chi connectivity index (χ1) is 24.9. The van der Waals surface area contributed by atoms with Gasteiger partial charge >= 0.3 is 24.3 Å². The Balaban J connectivity index is 0.000000381. The monoisotopic (exact) mass is 772 g/mol. The maximum Gasteiger partial charge on any atom is 0.490 e. The highest BCUT2D eigenvalue weighted by Crippen LogP contribution is 2.30. The normalized spacial score (nSPS) is 14.9. The van der Waals surface area contributed by atoms with Crippen LogP contribution in [0, 0.1) is 5.92 Å². The molecule has 0 unspecified atom stereocenters. The number of aromatic nitrogens is 6. The van der Waals surface area contributed by atoms with E-state index in [0.717, 1.165) is 41.0 Å². The first kappa shape index (κ1) is 39.7. The number of carboxylic acid groups (broad SMARTS) is 2. The van der Waals surface area contributed by atoms with Crippen LogP contribution in [0.2, 0.25) is 5.02 Å². The number of halogens is 7. The number of aromatic amines is 1. The Morgan fingerprint density at radius 3 is 2.28 bits per heavy atom. The fraction of sp³-hybridized carbons (Fsp3) is 0.300. The van der Waals surface area contributed by atoms with Gasteiger partial charge < -0.3 is 31.1 Å². The standard InChI is InChI=1S/C26H25ClN10O2.2C2HF3O2/c27-20-12-29-26-32-19-7-15(10-28-11-19)1-2-17-9-18(31-24(20)34-26)3-4-21(17)33-23(38)8-16-5-6-37(14-16)25(39)22-13-30-36-35-22;2*3-2(4,5)1(6)7/h3-4,7,9-13,16H,1-2,5-6,8,14H2,(H,33,38)(H,30,35,36)(H2,29,31,32,34);2*(H,6,7)/t16-;;/m1../s1. The SMILES string of the molecule is O=C(C[C@H]1CCN(C(=O)c2c[nH]nn2)C1)Nc1ccc2cc1CCc1cncc(c1)Nc1ncc(Cl)c(n1)N2.O=C(O)C(F)(F)F.O=C(O)C(F)(F)F. The Hall–Kier alpha value is -6.06. The summed E-state index contributed by atoms with van der Waals surface area (Å²) in [7, 11) is 0. The van der Waals surface area contributed by atoms with Crippen molar-refractivity contribution >= 4 is 64.2 Å². The minimum Gasteiger partial charge on any atom is -0.475 e. The molecule has 53 heavy (non-hydrogen) atoms. The Morgan fingerprint density at radius 2 is 1.64 bits per heavy atom. The largest absolute Gasteiger partial charge is 0.490 e. The molecule has 2 aliphatic heterocycles. The Kier molecular flexibility index (Phi) is 12.7. The van der Waals surface area contributed by atoms with Crippen LogP contribution in [0.5, 0.6) is 0 Å². The maximum absolute atomic E-state index is 13.1. The summed E-state index contributed by atoms with van der Waals surface area (Å²) < 4.78 is 63.5. The molecule has 0 aliphatic carbocycles. The molecule has 282 valence electrons. The third kappa shape index (κ3) is 11.7. The van der Waals surface area contributed by atoms with E-state index in [1.165, 1.54) is 12.4 Å². The molecule has 0 saturated carbocycles. The van der Waals surface area contributed by atoms with Crippen molar-refractivity contribution in [2.75, 3.05) is 29.0 Å². The molecule has 6 rings (SSSR count). The van der Waals surface area contributed by atoms with Crippen molar-refractivity contribution < 1.29 is 55.7 Å². The lowest BCUT2D eigenvalue weighted by molar-refractivity contribution is -0.193. The highest BCUT2D eigenvalue weighted by Gasteiger charge is 2.39. The highest BCUT2D eigenvalue weighted by molar-refractivity contribution is 6.32. The van der Waals surface area contributed by atoms with E-state index >= 15 is 0 Å². The predicted octanol–water partition coefficient (Wildman–Crippen LogP) is 4.99. The van der Waals surface area contributed by atoms with Crippen LogP contribution in [-0.2, 0) is 27.2 Å². The molecule has 2 aliphatic rings. The van der Waals surface area contributed by atoms with Crippen molar-refractivity contribution in [2.45, 2.75) is 38.0 Å². The van der Waals surface area contributed by atoms with Gasteiger partial charge in [-0.15, -0.1) is 5.10 Å². The smallest absolute Gasteiger partial charge is 0.475 e. The Bertz CT molecular complexity index is 1920. The number of rotatable bonds is 4. The summed E-state index contributed by atoms with van der Waals surface area (Å²) in [4.78, 5) is 58.2. The summed E-state index contributed by atoms with van der Waals surface area (Å²) in [5.74, 6) is -4.84. The van der Waals surface area contributed by atoms with E-state index in [9.17, 15) is 35.9 Å². The number of aryl methyl sites for hydroxylation is 2. The third-order valence-electron chi connectivity index (χ3n) is 7.29. The summed E-state index contributed by atoms with van der Waals surface area (Å²) in [5, 5.41) is 34.1. The molecule has 6 N–H and O–H groups in total. The molecule has 0 radical (unpaired) electrons. The van der Waals surface area contributed by atoms with Gasteiger partial charge in [-0.25, -0.2) is 14.6 Å². The lowest BCUT2D eigenvalue weighted by atomic mass is 10.0. The van der Waals surface area contributed by atoms with E-state index in [-0.39, 0.29) is 23.4 Å². The molecule has 1 fully saturated rings. The van der Waals surface area contributed by atoms with Crippen LogP contribution in [0.1, 0.15) is 34.5 Å². The van der Waals surface area contributed by atoms with Gasteiger partial charge in [0, 0.05) is 37.1 Å². The number of nitrogens with zero attached hydrogens (tertiary/aromatic N) is 6. The van der Waals surface area contributed by atoms with Crippen molar-refractivity contribution in [2.24, 2.45) is 5.92 Å². The number of pyridine rings is 1.